The summed E-state index contributed by atoms with van der Waals surface area (Å²) in [5, 5.41) is 11.7. The van der Waals surface area contributed by atoms with E-state index in [0.29, 0.717) is 19.3 Å². The van der Waals surface area contributed by atoms with E-state index in [1.165, 1.54) is 0 Å². The Balaban J connectivity index is 3.18. The lowest BCUT2D eigenvalue weighted by atomic mass is 10.2. The normalized spacial score (nSPS) is 15.4. The molecule has 0 aromatic carbocycles. The van der Waals surface area contributed by atoms with Crippen molar-refractivity contribution in [2.45, 2.75) is 19.4 Å². The summed E-state index contributed by atoms with van der Waals surface area (Å²) in [6, 6.07) is 0.372. The topological polar surface area (TPSA) is 58.6 Å². The number of hydrogen-bond donors (Lipinski definition) is 2. The Kier molecular flexibility index (Phi) is 9.60. The van der Waals surface area contributed by atoms with Crippen molar-refractivity contribution >= 4 is 10.8 Å². The Labute approximate surface area is 88.5 Å². The molecule has 0 bridgehead atoms. The second-order valence-corrected chi connectivity index (χ2v) is 4.81. The molecular formula is C9H21NO3S. The van der Waals surface area contributed by atoms with Crippen molar-refractivity contribution in [3.05, 3.63) is 0 Å². The molecule has 0 amide bonds. The van der Waals surface area contributed by atoms with Gasteiger partial charge in [-0.1, -0.05) is 0 Å². The maximum atomic E-state index is 10.8. The molecule has 0 rings (SSSR count). The minimum absolute atomic E-state index is 0.0738. The highest BCUT2D eigenvalue weighted by Gasteiger charge is 2.01. The summed E-state index contributed by atoms with van der Waals surface area (Å²) in [6.45, 7) is 3.93. The fraction of sp³-hybridized carbons (Fsp3) is 1.00. The van der Waals surface area contributed by atoms with E-state index >= 15 is 0 Å². The van der Waals surface area contributed by atoms with Crippen LogP contribution in [0.5, 0.6) is 0 Å². The van der Waals surface area contributed by atoms with E-state index in [2.05, 4.69) is 12.2 Å². The predicted molar refractivity (Wildman–Crippen MR) is 58.9 cm³/mol. The standard InChI is InChI=1S/C9H21NO3S/c1-9(3-8-14(2)12)10-4-6-13-7-5-11/h9-11H,3-8H2,1-2H3. The van der Waals surface area contributed by atoms with Crippen molar-refractivity contribution in [3.63, 3.8) is 0 Å². The lowest BCUT2D eigenvalue weighted by molar-refractivity contribution is 0.0928. The van der Waals surface area contributed by atoms with Gasteiger partial charge in [-0.25, -0.2) is 0 Å². The first-order valence-corrected chi connectivity index (χ1v) is 6.61. The van der Waals surface area contributed by atoms with E-state index in [9.17, 15) is 4.21 Å². The van der Waals surface area contributed by atoms with Crippen molar-refractivity contribution in [3.8, 4) is 0 Å². The van der Waals surface area contributed by atoms with Crippen LogP contribution in [-0.4, -0.2) is 53.7 Å². The fourth-order valence-corrected chi connectivity index (χ4v) is 1.67. The third kappa shape index (κ3) is 10.1. The number of aliphatic hydroxyl groups excluding tert-OH is 1. The van der Waals surface area contributed by atoms with Crippen LogP contribution in [0.25, 0.3) is 0 Å². The van der Waals surface area contributed by atoms with Crippen LogP contribution in [0.15, 0.2) is 0 Å². The fourth-order valence-electron chi connectivity index (χ4n) is 0.989. The van der Waals surface area contributed by atoms with Crippen molar-refractivity contribution < 1.29 is 14.1 Å². The van der Waals surface area contributed by atoms with Gasteiger partial charge in [0.2, 0.25) is 0 Å². The molecular weight excluding hydrogens is 202 g/mol. The molecule has 0 saturated heterocycles. The summed E-state index contributed by atoms with van der Waals surface area (Å²) in [6.07, 6.45) is 2.64. The van der Waals surface area contributed by atoms with Gasteiger partial charge in [0.15, 0.2) is 0 Å². The highest BCUT2D eigenvalue weighted by atomic mass is 32.2. The quantitative estimate of drug-likeness (QED) is 0.529. The minimum atomic E-state index is -0.701. The van der Waals surface area contributed by atoms with Gasteiger partial charge in [0.25, 0.3) is 0 Å². The summed E-state index contributed by atoms with van der Waals surface area (Å²) < 4.78 is 15.9. The number of aliphatic hydroxyl groups is 1. The number of ether oxygens (including phenoxy) is 1. The largest absolute Gasteiger partial charge is 0.394 e. The second kappa shape index (κ2) is 9.58. The first-order valence-electron chi connectivity index (χ1n) is 4.88. The molecule has 86 valence electrons. The van der Waals surface area contributed by atoms with Gasteiger partial charge in [-0.15, -0.1) is 0 Å². The molecule has 0 aliphatic rings. The summed E-state index contributed by atoms with van der Waals surface area (Å²) in [5.41, 5.74) is 0. The summed E-state index contributed by atoms with van der Waals surface area (Å²) in [4.78, 5) is 0. The zero-order chi connectivity index (χ0) is 10.8. The SMILES string of the molecule is CC(CCS(C)=O)NCCOCCO. The van der Waals surface area contributed by atoms with Gasteiger partial charge >= 0.3 is 0 Å². The zero-order valence-corrected chi connectivity index (χ0v) is 9.81. The average molecular weight is 223 g/mol. The highest BCUT2D eigenvalue weighted by Crippen LogP contribution is 1.91. The molecule has 0 aromatic heterocycles. The van der Waals surface area contributed by atoms with Gasteiger partial charge in [-0.2, -0.15) is 0 Å². The van der Waals surface area contributed by atoms with Crippen LogP contribution < -0.4 is 5.32 Å². The molecule has 14 heavy (non-hydrogen) atoms. The van der Waals surface area contributed by atoms with Crippen LogP contribution in [-0.2, 0) is 15.5 Å². The molecule has 0 spiro atoms. The van der Waals surface area contributed by atoms with E-state index in [-0.39, 0.29) is 6.61 Å². The van der Waals surface area contributed by atoms with Crippen LogP contribution in [0.1, 0.15) is 13.3 Å². The Hall–Kier alpha value is 0.0300. The number of hydrogen-bond acceptors (Lipinski definition) is 4. The zero-order valence-electron chi connectivity index (χ0n) is 8.99. The molecule has 2 unspecified atom stereocenters. The molecule has 2 atom stereocenters. The maximum Gasteiger partial charge on any atom is 0.0698 e. The first-order chi connectivity index (χ1) is 6.66. The monoisotopic (exact) mass is 223 g/mol. The van der Waals surface area contributed by atoms with E-state index in [4.69, 9.17) is 9.84 Å². The van der Waals surface area contributed by atoms with Crippen molar-refractivity contribution in [2.24, 2.45) is 0 Å². The molecule has 0 radical (unpaired) electrons. The molecule has 0 saturated carbocycles. The van der Waals surface area contributed by atoms with E-state index in [1.54, 1.807) is 6.26 Å². The number of nitrogens with one attached hydrogen (secondary N) is 1. The third-order valence-corrected chi connectivity index (χ3v) is 2.62. The van der Waals surface area contributed by atoms with E-state index < -0.39 is 10.8 Å². The number of rotatable bonds is 9. The Morgan fingerprint density at radius 3 is 2.79 bits per heavy atom. The molecule has 5 heteroatoms. The molecule has 0 heterocycles. The van der Waals surface area contributed by atoms with Gasteiger partial charge in [-0.3, -0.25) is 4.21 Å². The molecule has 0 aromatic rings. The first kappa shape index (κ1) is 14.0. The molecule has 2 N–H and O–H groups in total. The summed E-state index contributed by atoms with van der Waals surface area (Å²) in [5.74, 6) is 0.742. The van der Waals surface area contributed by atoms with Crippen LogP contribution in [0.4, 0.5) is 0 Å². The lowest BCUT2D eigenvalue weighted by Gasteiger charge is -2.12. The van der Waals surface area contributed by atoms with E-state index in [1.807, 2.05) is 0 Å². The molecule has 0 aliphatic carbocycles. The molecule has 4 nitrogen and oxygen atoms in total. The second-order valence-electron chi connectivity index (χ2n) is 3.26. The Morgan fingerprint density at radius 2 is 2.21 bits per heavy atom. The molecule has 0 fully saturated rings. The molecule has 0 aliphatic heterocycles. The third-order valence-electron chi connectivity index (χ3n) is 1.81. The van der Waals surface area contributed by atoms with Gasteiger partial charge in [0, 0.05) is 35.4 Å². The van der Waals surface area contributed by atoms with Gasteiger partial charge < -0.3 is 15.2 Å². The van der Waals surface area contributed by atoms with Crippen LogP contribution >= 0.6 is 0 Å². The van der Waals surface area contributed by atoms with Crippen LogP contribution in [0.3, 0.4) is 0 Å². The highest BCUT2D eigenvalue weighted by molar-refractivity contribution is 7.84. The van der Waals surface area contributed by atoms with Crippen molar-refractivity contribution in [1.29, 1.82) is 0 Å². The summed E-state index contributed by atoms with van der Waals surface area (Å²) in [7, 11) is -0.701. The smallest absolute Gasteiger partial charge is 0.0698 e. The Bertz CT molecular complexity index is 155. The predicted octanol–water partition coefficient (Wildman–Crippen LogP) is -0.258. The van der Waals surface area contributed by atoms with Crippen molar-refractivity contribution in [2.75, 3.05) is 38.4 Å². The average Bonchev–Trinajstić information content (AvgIpc) is 2.14. The maximum absolute atomic E-state index is 10.8. The Morgan fingerprint density at radius 1 is 1.50 bits per heavy atom. The van der Waals surface area contributed by atoms with Gasteiger partial charge in [-0.05, 0) is 13.3 Å². The van der Waals surface area contributed by atoms with Crippen LogP contribution in [0, 0.1) is 0 Å². The van der Waals surface area contributed by atoms with Gasteiger partial charge in [0.05, 0.1) is 19.8 Å². The minimum Gasteiger partial charge on any atom is -0.394 e. The van der Waals surface area contributed by atoms with E-state index in [0.717, 1.165) is 18.7 Å². The van der Waals surface area contributed by atoms with Crippen molar-refractivity contribution in [1.82, 2.24) is 5.32 Å². The van der Waals surface area contributed by atoms with Crippen LogP contribution in [0.2, 0.25) is 0 Å². The summed E-state index contributed by atoms with van der Waals surface area (Å²) >= 11 is 0. The lowest BCUT2D eigenvalue weighted by Crippen LogP contribution is -2.30. The van der Waals surface area contributed by atoms with Gasteiger partial charge in [0.1, 0.15) is 0 Å².